The first-order valence-corrected chi connectivity index (χ1v) is 9.63. The number of aromatic carboxylic acids is 1. The van der Waals surface area contributed by atoms with Crippen molar-refractivity contribution in [2.45, 2.75) is 32.7 Å². The Bertz CT molecular complexity index is 1060. The molecule has 0 aliphatic carbocycles. The number of aryl methyl sites for hydroxylation is 1. The van der Waals surface area contributed by atoms with E-state index in [1.54, 1.807) is 28.7 Å². The van der Waals surface area contributed by atoms with Gasteiger partial charge in [0.05, 0.1) is 35.4 Å². The van der Waals surface area contributed by atoms with Crippen LogP contribution in [-0.2, 0) is 0 Å². The number of aromatic nitrogens is 4. The molecule has 3 heterocycles. The molecule has 1 aliphatic heterocycles. The predicted molar refractivity (Wildman–Crippen MR) is 106 cm³/mol. The molecule has 0 atom stereocenters. The van der Waals surface area contributed by atoms with E-state index in [-0.39, 0.29) is 17.5 Å². The van der Waals surface area contributed by atoms with Gasteiger partial charge < -0.3 is 10.0 Å². The Labute approximate surface area is 168 Å². The summed E-state index contributed by atoms with van der Waals surface area (Å²) in [5.41, 5.74) is 3.49. The van der Waals surface area contributed by atoms with Gasteiger partial charge in [-0.1, -0.05) is 18.2 Å². The molecule has 1 fully saturated rings. The summed E-state index contributed by atoms with van der Waals surface area (Å²) >= 11 is 0. The maximum absolute atomic E-state index is 12.9. The van der Waals surface area contributed by atoms with Crippen LogP contribution in [0.1, 0.15) is 50.9 Å². The van der Waals surface area contributed by atoms with Crippen molar-refractivity contribution in [3.05, 3.63) is 65.2 Å². The third kappa shape index (κ3) is 3.53. The molecule has 3 aromatic rings. The number of hydrogen-bond acceptors (Lipinski definition) is 4. The number of para-hydroxylation sites is 1. The Morgan fingerprint density at radius 3 is 2.45 bits per heavy atom. The van der Waals surface area contributed by atoms with Crippen molar-refractivity contribution in [3.8, 4) is 5.69 Å². The third-order valence-corrected chi connectivity index (χ3v) is 5.56. The van der Waals surface area contributed by atoms with E-state index in [4.69, 9.17) is 0 Å². The normalized spacial score (nSPS) is 14.9. The van der Waals surface area contributed by atoms with E-state index < -0.39 is 5.97 Å². The highest BCUT2D eigenvalue weighted by Gasteiger charge is 2.27. The van der Waals surface area contributed by atoms with Crippen LogP contribution >= 0.6 is 0 Å². The molecule has 8 nitrogen and oxygen atoms in total. The number of benzene rings is 1. The highest BCUT2D eigenvalue weighted by atomic mass is 16.4. The zero-order valence-electron chi connectivity index (χ0n) is 16.4. The largest absolute Gasteiger partial charge is 0.478 e. The van der Waals surface area contributed by atoms with Gasteiger partial charge in [-0.2, -0.15) is 10.2 Å². The first-order valence-electron chi connectivity index (χ1n) is 9.63. The second kappa shape index (κ2) is 7.54. The molecule has 1 aromatic carbocycles. The van der Waals surface area contributed by atoms with E-state index >= 15 is 0 Å². The van der Waals surface area contributed by atoms with Crippen molar-refractivity contribution < 1.29 is 14.7 Å². The minimum Gasteiger partial charge on any atom is -0.478 e. The number of rotatable bonds is 4. The molecule has 1 saturated heterocycles. The topological polar surface area (TPSA) is 93.2 Å². The molecule has 0 bridgehead atoms. The van der Waals surface area contributed by atoms with Crippen LogP contribution in [0, 0.1) is 13.8 Å². The van der Waals surface area contributed by atoms with Crippen molar-refractivity contribution in [1.29, 1.82) is 0 Å². The van der Waals surface area contributed by atoms with Gasteiger partial charge in [0.15, 0.2) is 0 Å². The van der Waals surface area contributed by atoms with E-state index in [1.807, 2.05) is 36.1 Å². The Balaban J connectivity index is 1.43. The number of carboxylic acids is 1. The molecule has 1 N–H and O–H groups in total. The van der Waals surface area contributed by atoms with Gasteiger partial charge in [0.2, 0.25) is 0 Å². The minimum absolute atomic E-state index is 0.0355. The smallest absolute Gasteiger partial charge is 0.339 e. The lowest BCUT2D eigenvalue weighted by atomic mass is 10.0. The van der Waals surface area contributed by atoms with Crippen LogP contribution in [0.25, 0.3) is 5.69 Å². The molecule has 150 valence electrons. The second-order valence-corrected chi connectivity index (χ2v) is 7.38. The van der Waals surface area contributed by atoms with Crippen LogP contribution in [0.4, 0.5) is 0 Å². The standard InChI is InChI=1S/C21H23N5O3/c1-14-5-3-4-6-19(14)25-13-16(11-22-25)20(27)24-9-7-17(8-10-24)26-15(2)18(12-23-26)21(28)29/h3-6,11-13,17H,7-10H2,1-2H3,(H,28,29). The Hall–Kier alpha value is -3.42. The number of carboxylic acid groups (broad SMARTS) is 1. The summed E-state index contributed by atoms with van der Waals surface area (Å²) < 4.78 is 3.51. The molecule has 0 spiro atoms. The zero-order valence-corrected chi connectivity index (χ0v) is 16.4. The predicted octanol–water partition coefficient (Wildman–Crippen LogP) is 2.86. The quantitative estimate of drug-likeness (QED) is 0.736. The van der Waals surface area contributed by atoms with Crippen LogP contribution < -0.4 is 0 Å². The van der Waals surface area contributed by atoms with Gasteiger partial charge in [0.1, 0.15) is 5.56 Å². The molecule has 8 heteroatoms. The lowest BCUT2D eigenvalue weighted by Gasteiger charge is -2.32. The molecule has 0 saturated carbocycles. The first kappa shape index (κ1) is 18.9. The van der Waals surface area contributed by atoms with Gasteiger partial charge in [-0.05, 0) is 38.3 Å². The molecule has 0 unspecified atom stereocenters. The summed E-state index contributed by atoms with van der Waals surface area (Å²) in [6.45, 7) is 4.98. The van der Waals surface area contributed by atoms with Gasteiger partial charge in [-0.3, -0.25) is 9.48 Å². The van der Waals surface area contributed by atoms with Crippen LogP contribution in [0.3, 0.4) is 0 Å². The Kier molecular flexibility index (Phi) is 4.92. The van der Waals surface area contributed by atoms with E-state index in [0.717, 1.165) is 24.1 Å². The average Bonchev–Trinajstić information content (AvgIpc) is 3.35. The van der Waals surface area contributed by atoms with E-state index in [9.17, 15) is 14.7 Å². The summed E-state index contributed by atoms with van der Waals surface area (Å²) in [6.07, 6.45) is 6.25. The van der Waals surface area contributed by atoms with Crippen LogP contribution in [-0.4, -0.2) is 54.5 Å². The minimum atomic E-state index is -0.966. The summed E-state index contributed by atoms with van der Waals surface area (Å²) in [5.74, 6) is -1.00. The number of likely N-dealkylation sites (tertiary alicyclic amines) is 1. The molecule has 1 amide bonds. The fourth-order valence-electron chi connectivity index (χ4n) is 3.88. The molecule has 1 aliphatic rings. The fraction of sp³-hybridized carbons (Fsp3) is 0.333. The first-order chi connectivity index (χ1) is 14.0. The molecule has 29 heavy (non-hydrogen) atoms. The fourth-order valence-corrected chi connectivity index (χ4v) is 3.88. The van der Waals surface area contributed by atoms with E-state index in [1.165, 1.54) is 6.20 Å². The van der Waals surface area contributed by atoms with Crippen molar-refractivity contribution in [2.24, 2.45) is 0 Å². The third-order valence-electron chi connectivity index (χ3n) is 5.56. The molecule has 0 radical (unpaired) electrons. The Morgan fingerprint density at radius 1 is 1.07 bits per heavy atom. The van der Waals surface area contributed by atoms with Crippen molar-refractivity contribution in [3.63, 3.8) is 0 Å². The van der Waals surface area contributed by atoms with Crippen molar-refractivity contribution in [1.82, 2.24) is 24.5 Å². The summed E-state index contributed by atoms with van der Waals surface area (Å²) in [4.78, 5) is 26.0. The molecule has 2 aromatic heterocycles. The zero-order chi connectivity index (χ0) is 20.5. The van der Waals surface area contributed by atoms with Gasteiger partial charge in [0, 0.05) is 19.3 Å². The highest BCUT2D eigenvalue weighted by Crippen LogP contribution is 2.25. The monoisotopic (exact) mass is 393 g/mol. The number of amides is 1. The van der Waals surface area contributed by atoms with Gasteiger partial charge >= 0.3 is 5.97 Å². The second-order valence-electron chi connectivity index (χ2n) is 7.38. The van der Waals surface area contributed by atoms with E-state index in [2.05, 4.69) is 10.2 Å². The maximum atomic E-state index is 12.9. The Morgan fingerprint density at radius 2 is 1.79 bits per heavy atom. The average molecular weight is 393 g/mol. The SMILES string of the molecule is Cc1ccccc1-n1cc(C(=O)N2CCC(n3ncc(C(=O)O)c3C)CC2)cn1. The van der Waals surface area contributed by atoms with Crippen LogP contribution in [0.2, 0.25) is 0 Å². The summed E-state index contributed by atoms with van der Waals surface area (Å²) in [6, 6.07) is 8.00. The maximum Gasteiger partial charge on any atom is 0.339 e. The molecular formula is C21H23N5O3. The van der Waals surface area contributed by atoms with Gasteiger partial charge in [-0.25, -0.2) is 9.48 Å². The summed E-state index contributed by atoms with van der Waals surface area (Å²) in [5, 5.41) is 17.8. The molecular weight excluding hydrogens is 370 g/mol. The van der Waals surface area contributed by atoms with E-state index in [0.29, 0.717) is 24.3 Å². The van der Waals surface area contributed by atoms with Crippen LogP contribution in [0.15, 0.2) is 42.9 Å². The number of carbonyl (C=O) groups is 2. The number of nitrogens with zero attached hydrogens (tertiary/aromatic N) is 5. The molecule has 4 rings (SSSR count). The number of piperidine rings is 1. The highest BCUT2D eigenvalue weighted by molar-refractivity contribution is 5.94. The van der Waals surface area contributed by atoms with Crippen molar-refractivity contribution in [2.75, 3.05) is 13.1 Å². The lowest BCUT2D eigenvalue weighted by molar-refractivity contribution is 0.0688. The van der Waals surface area contributed by atoms with Gasteiger partial charge in [-0.15, -0.1) is 0 Å². The lowest BCUT2D eigenvalue weighted by Crippen LogP contribution is -2.39. The number of hydrogen-bond donors (Lipinski definition) is 1. The number of carbonyl (C=O) groups excluding carboxylic acids is 1. The van der Waals surface area contributed by atoms with Gasteiger partial charge in [0.25, 0.3) is 5.91 Å². The summed E-state index contributed by atoms with van der Waals surface area (Å²) in [7, 11) is 0. The van der Waals surface area contributed by atoms with Crippen molar-refractivity contribution >= 4 is 11.9 Å². The van der Waals surface area contributed by atoms with Crippen LogP contribution in [0.5, 0.6) is 0 Å².